The Morgan fingerprint density at radius 3 is 2.13 bits per heavy atom. The van der Waals surface area contributed by atoms with E-state index in [4.69, 9.17) is 5.11 Å². The first-order valence-electron chi connectivity index (χ1n) is 4.39. The summed E-state index contributed by atoms with van der Waals surface area (Å²) in [6.07, 6.45) is 0. The molecule has 78 valence electrons. The number of phenolic OH excluding ortho intramolecular Hbond substituents is 1. The number of benzene rings is 2. The molecule has 0 aliphatic heterocycles. The first-order chi connectivity index (χ1) is 6.97. The first kappa shape index (κ1) is 9.89. The number of halogens is 3. The zero-order valence-electron chi connectivity index (χ0n) is 7.62. The van der Waals surface area contributed by atoms with Gasteiger partial charge in [-0.05, 0) is 22.9 Å². The summed E-state index contributed by atoms with van der Waals surface area (Å²) in [7, 11) is 0. The molecule has 0 bridgehead atoms. The fourth-order valence-electron chi connectivity index (χ4n) is 1.46. The van der Waals surface area contributed by atoms with Gasteiger partial charge in [0.15, 0.2) is 0 Å². The van der Waals surface area contributed by atoms with Crippen LogP contribution in [0.5, 0.6) is 5.75 Å². The van der Waals surface area contributed by atoms with E-state index in [0.29, 0.717) is 10.8 Å². The van der Waals surface area contributed by atoms with Gasteiger partial charge in [-0.3, -0.25) is 0 Å². The fourth-order valence-corrected chi connectivity index (χ4v) is 1.46. The zero-order valence-corrected chi connectivity index (χ0v) is 7.62. The van der Waals surface area contributed by atoms with Crippen molar-refractivity contribution < 1.29 is 18.1 Å². The summed E-state index contributed by atoms with van der Waals surface area (Å²) >= 11 is 0. The highest BCUT2D eigenvalue weighted by atomic mass is 19.4. The van der Waals surface area contributed by atoms with Crippen molar-refractivity contribution in [1.82, 2.24) is 0 Å². The van der Waals surface area contributed by atoms with Gasteiger partial charge >= 0.3 is 6.98 Å². The van der Waals surface area contributed by atoms with Crippen LogP contribution >= 0.6 is 0 Å². The molecule has 0 unspecified atom stereocenters. The maximum absolute atomic E-state index is 12.4. The highest BCUT2D eigenvalue weighted by molar-refractivity contribution is 6.73. The minimum absolute atomic E-state index is 0.0489. The molecule has 0 spiro atoms. The average molecular weight is 211 g/mol. The Bertz CT molecular complexity index is 507. The third kappa shape index (κ3) is 1.91. The second-order valence-electron chi connectivity index (χ2n) is 3.37. The summed E-state index contributed by atoms with van der Waals surface area (Å²) < 4.78 is 37.2. The van der Waals surface area contributed by atoms with E-state index < -0.39 is 12.4 Å². The number of hydrogen-bond donors (Lipinski definition) is 1. The van der Waals surface area contributed by atoms with Crippen LogP contribution in [0.2, 0.25) is 0 Å². The van der Waals surface area contributed by atoms with Crippen molar-refractivity contribution in [3.05, 3.63) is 36.4 Å². The number of aromatic hydroxyl groups is 1. The van der Waals surface area contributed by atoms with Crippen molar-refractivity contribution >= 4 is 23.2 Å². The van der Waals surface area contributed by atoms with E-state index in [1.165, 1.54) is 24.3 Å². The van der Waals surface area contributed by atoms with Gasteiger partial charge in [-0.1, -0.05) is 24.3 Å². The van der Waals surface area contributed by atoms with Crippen molar-refractivity contribution in [2.45, 2.75) is 0 Å². The standard InChI is InChI=1S/C10H7BF3O/c12-11(13,14)9-3-1-8-6-10(15)4-2-7(8)5-9/h1-6,15H/q-1. The SMILES string of the molecule is Oc1ccc2cc([B-](F)(F)F)ccc2c1. The monoisotopic (exact) mass is 211 g/mol. The normalized spacial score (nSPS) is 11.9. The molecule has 0 aromatic heterocycles. The fraction of sp³-hybridized carbons (Fsp3) is 0. The van der Waals surface area contributed by atoms with Crippen LogP contribution in [0.25, 0.3) is 10.8 Å². The lowest BCUT2D eigenvalue weighted by molar-refractivity contribution is 0.476. The third-order valence-corrected chi connectivity index (χ3v) is 2.23. The largest absolute Gasteiger partial charge is 0.509 e. The summed E-state index contributed by atoms with van der Waals surface area (Å²) in [6.45, 7) is -4.96. The molecule has 2 aromatic carbocycles. The molecule has 5 heteroatoms. The van der Waals surface area contributed by atoms with E-state index in [-0.39, 0.29) is 5.75 Å². The Morgan fingerprint density at radius 2 is 1.47 bits per heavy atom. The summed E-state index contributed by atoms with van der Waals surface area (Å²) in [5.74, 6) is 0.0489. The van der Waals surface area contributed by atoms with E-state index in [2.05, 4.69) is 0 Å². The van der Waals surface area contributed by atoms with Crippen LogP contribution in [0.15, 0.2) is 36.4 Å². The predicted molar refractivity (Wildman–Crippen MR) is 54.3 cm³/mol. The van der Waals surface area contributed by atoms with Gasteiger partial charge in [0, 0.05) is 0 Å². The molecule has 0 saturated heterocycles. The third-order valence-electron chi connectivity index (χ3n) is 2.23. The van der Waals surface area contributed by atoms with Crippen molar-refractivity contribution in [2.75, 3.05) is 0 Å². The Balaban J connectivity index is 2.62. The highest BCUT2D eigenvalue weighted by Gasteiger charge is 2.25. The molecule has 1 N–H and O–H groups in total. The van der Waals surface area contributed by atoms with Crippen LogP contribution in [0.4, 0.5) is 12.9 Å². The van der Waals surface area contributed by atoms with Gasteiger partial charge in [-0.25, -0.2) is 0 Å². The maximum Gasteiger partial charge on any atom is 0.509 e. The quantitative estimate of drug-likeness (QED) is 0.718. The van der Waals surface area contributed by atoms with Crippen LogP contribution < -0.4 is 5.46 Å². The number of fused-ring (bicyclic) bond motifs is 1. The molecule has 0 aliphatic rings. The topological polar surface area (TPSA) is 20.2 Å². The van der Waals surface area contributed by atoms with E-state index in [0.717, 1.165) is 12.1 Å². The lowest BCUT2D eigenvalue weighted by Gasteiger charge is -2.15. The van der Waals surface area contributed by atoms with Crippen LogP contribution in [0.1, 0.15) is 0 Å². The zero-order chi connectivity index (χ0) is 11.1. The molecule has 0 heterocycles. The Kier molecular flexibility index (Phi) is 2.10. The minimum atomic E-state index is -4.96. The van der Waals surface area contributed by atoms with Gasteiger partial charge in [0.05, 0.1) is 0 Å². The second kappa shape index (κ2) is 3.19. The molecule has 0 fully saturated rings. The van der Waals surface area contributed by atoms with E-state index in [1.54, 1.807) is 0 Å². The summed E-state index contributed by atoms with van der Waals surface area (Å²) in [5, 5.41) is 10.2. The summed E-state index contributed by atoms with van der Waals surface area (Å²) in [4.78, 5) is 0. The molecule has 0 radical (unpaired) electrons. The van der Waals surface area contributed by atoms with Crippen LogP contribution in [0.3, 0.4) is 0 Å². The molecule has 0 saturated carbocycles. The molecular formula is C10H7BF3O-. The Hall–Kier alpha value is -1.65. The van der Waals surface area contributed by atoms with Gasteiger partial charge in [-0.15, -0.1) is 5.46 Å². The van der Waals surface area contributed by atoms with Crippen LogP contribution in [-0.4, -0.2) is 12.1 Å². The van der Waals surface area contributed by atoms with Gasteiger partial charge in [0.25, 0.3) is 0 Å². The number of hydrogen-bond acceptors (Lipinski definition) is 1. The number of phenols is 1. The first-order valence-corrected chi connectivity index (χ1v) is 4.39. The Labute approximate surface area is 84.2 Å². The second-order valence-corrected chi connectivity index (χ2v) is 3.37. The van der Waals surface area contributed by atoms with Crippen molar-refractivity contribution in [2.24, 2.45) is 0 Å². The Morgan fingerprint density at radius 1 is 0.867 bits per heavy atom. The molecule has 2 rings (SSSR count). The van der Waals surface area contributed by atoms with Gasteiger partial charge in [0.2, 0.25) is 0 Å². The molecule has 0 aliphatic carbocycles. The lowest BCUT2D eigenvalue weighted by atomic mass is 9.79. The van der Waals surface area contributed by atoms with Crippen molar-refractivity contribution in [3.8, 4) is 5.75 Å². The lowest BCUT2D eigenvalue weighted by Crippen LogP contribution is -2.33. The van der Waals surface area contributed by atoms with Gasteiger partial charge < -0.3 is 18.1 Å². The molecule has 15 heavy (non-hydrogen) atoms. The van der Waals surface area contributed by atoms with E-state index >= 15 is 0 Å². The maximum atomic E-state index is 12.4. The van der Waals surface area contributed by atoms with Crippen LogP contribution in [-0.2, 0) is 0 Å². The summed E-state index contributed by atoms with van der Waals surface area (Å²) in [6, 6.07) is 7.75. The van der Waals surface area contributed by atoms with Crippen LogP contribution in [0, 0.1) is 0 Å². The summed E-state index contributed by atoms with van der Waals surface area (Å²) in [5.41, 5.74) is -0.617. The molecule has 2 aromatic rings. The predicted octanol–water partition coefficient (Wildman–Crippen LogP) is 2.60. The van der Waals surface area contributed by atoms with Crippen molar-refractivity contribution in [1.29, 1.82) is 0 Å². The number of rotatable bonds is 1. The molecule has 1 nitrogen and oxygen atoms in total. The van der Waals surface area contributed by atoms with Crippen molar-refractivity contribution in [3.63, 3.8) is 0 Å². The molecule has 0 atom stereocenters. The van der Waals surface area contributed by atoms with E-state index in [9.17, 15) is 12.9 Å². The van der Waals surface area contributed by atoms with Gasteiger partial charge in [0.1, 0.15) is 5.75 Å². The van der Waals surface area contributed by atoms with Gasteiger partial charge in [-0.2, -0.15) is 0 Å². The molecular weight excluding hydrogens is 204 g/mol. The highest BCUT2D eigenvalue weighted by Crippen LogP contribution is 2.20. The minimum Gasteiger partial charge on any atom is -0.508 e. The molecule has 0 amide bonds. The smallest absolute Gasteiger partial charge is 0.508 e. The van der Waals surface area contributed by atoms with E-state index in [1.807, 2.05) is 0 Å². The average Bonchev–Trinajstić information content (AvgIpc) is 2.15.